The third kappa shape index (κ3) is 8.40. The van der Waals surface area contributed by atoms with Crippen molar-refractivity contribution in [1.29, 1.82) is 0 Å². The first-order valence-corrected chi connectivity index (χ1v) is 33.9. The summed E-state index contributed by atoms with van der Waals surface area (Å²) >= 11 is -13.5. The van der Waals surface area contributed by atoms with E-state index >= 15 is 4.57 Å². The molecule has 0 unspecified atom stereocenters. The quantitative estimate of drug-likeness (QED) is 0.114. The molecule has 0 heterocycles. The molecule has 314 valence electrons. The van der Waals surface area contributed by atoms with Gasteiger partial charge in [-0.3, -0.25) is 0 Å². The summed E-state index contributed by atoms with van der Waals surface area (Å²) in [6, 6.07) is 92.8. The van der Waals surface area contributed by atoms with Crippen LogP contribution in [0.3, 0.4) is 0 Å². The Balaban J connectivity index is 1.42. The van der Waals surface area contributed by atoms with E-state index < -0.39 is 64.4 Å². The SMILES string of the molecule is O=P(O[I-](c1ccccc1)(c1ccccc1)c1ccccc1)(O[I-](c1ccccc1)(c1ccccc1)c1ccccc1)O[I-](c1ccccc1)(c1ccccc1)c1ccccc1. The van der Waals surface area contributed by atoms with E-state index in [2.05, 4.69) is 109 Å². The van der Waals surface area contributed by atoms with Crippen LogP contribution in [-0.4, -0.2) is 0 Å². The van der Waals surface area contributed by atoms with Crippen LogP contribution >= 0.6 is 7.82 Å². The first kappa shape index (κ1) is 42.6. The van der Waals surface area contributed by atoms with Gasteiger partial charge in [0.25, 0.3) is 0 Å². The van der Waals surface area contributed by atoms with Crippen LogP contribution in [0, 0.1) is 32.1 Å². The Hall–Kier alpha value is -4.72. The zero-order chi connectivity index (χ0) is 42.1. The molecule has 0 radical (unpaired) electrons. The second-order valence-electron chi connectivity index (χ2n) is 13.9. The maximum absolute atomic E-state index is 17.9. The first-order valence-electron chi connectivity index (χ1n) is 20.1. The standard InChI is InChI=1S/C54H45I3O4P/c58-62(59-55(46-28-10-1-11-29-46,47-30-12-2-13-31-47)48-32-14-3-15-33-48,60-56(49-34-16-4-17-35-49,50-36-18-5-19-37-50)51-38-20-6-21-39-51)61-57(52-40-22-7-23-41-52,53-42-24-8-25-43-53)54-44-26-9-27-45-54/h1-45H/q-3. The zero-order valence-electron chi connectivity index (χ0n) is 33.7. The second kappa shape index (κ2) is 19.3. The Bertz CT molecular complexity index is 2220. The van der Waals surface area contributed by atoms with E-state index in [9.17, 15) is 0 Å². The predicted molar refractivity (Wildman–Crippen MR) is 237 cm³/mol. The Morgan fingerprint density at radius 1 is 0.210 bits per heavy atom. The van der Waals surface area contributed by atoms with Gasteiger partial charge in [-0.05, 0) is 0 Å². The van der Waals surface area contributed by atoms with Gasteiger partial charge in [0.15, 0.2) is 0 Å². The molecule has 9 rings (SSSR count). The topological polar surface area (TPSA) is 44.8 Å². The van der Waals surface area contributed by atoms with Crippen molar-refractivity contribution in [3.8, 4) is 0 Å². The maximum atomic E-state index is 17.9. The molecule has 0 atom stereocenters. The van der Waals surface area contributed by atoms with Gasteiger partial charge in [-0.1, -0.05) is 0 Å². The van der Waals surface area contributed by atoms with Crippen LogP contribution in [-0.2, 0) is 13.1 Å². The summed E-state index contributed by atoms with van der Waals surface area (Å²) < 4.78 is 50.5. The minimum atomic E-state index is -4.83. The van der Waals surface area contributed by atoms with Gasteiger partial charge < -0.3 is 0 Å². The van der Waals surface area contributed by atoms with Crippen LogP contribution in [0.4, 0.5) is 0 Å². The van der Waals surface area contributed by atoms with Crippen molar-refractivity contribution in [3.05, 3.63) is 305 Å². The van der Waals surface area contributed by atoms with Crippen LogP contribution in [0.15, 0.2) is 273 Å². The Kier molecular flexibility index (Phi) is 13.3. The van der Waals surface area contributed by atoms with E-state index in [1.54, 1.807) is 0 Å². The van der Waals surface area contributed by atoms with Crippen molar-refractivity contribution >= 4 is 7.82 Å². The van der Waals surface area contributed by atoms with Gasteiger partial charge in [0.1, 0.15) is 0 Å². The average Bonchev–Trinajstić information content (AvgIpc) is 3.37. The summed E-state index contributed by atoms with van der Waals surface area (Å²) in [6.45, 7) is 0. The molecule has 0 saturated carbocycles. The molecule has 0 aliphatic carbocycles. The Morgan fingerprint density at radius 3 is 0.435 bits per heavy atom. The molecule has 62 heavy (non-hydrogen) atoms. The van der Waals surface area contributed by atoms with Gasteiger partial charge in [0, 0.05) is 0 Å². The van der Waals surface area contributed by atoms with Gasteiger partial charge in [-0.2, -0.15) is 0 Å². The van der Waals surface area contributed by atoms with Crippen molar-refractivity contribution in [1.82, 2.24) is 0 Å². The van der Waals surface area contributed by atoms with Gasteiger partial charge in [0.2, 0.25) is 0 Å². The van der Waals surface area contributed by atoms with Crippen LogP contribution in [0.25, 0.3) is 0 Å². The number of phosphoric acid groups is 1. The Labute approximate surface area is 378 Å². The normalized spacial score (nSPS) is 12.9. The summed E-state index contributed by atoms with van der Waals surface area (Å²) in [5.74, 6) is 0. The van der Waals surface area contributed by atoms with E-state index in [1.165, 1.54) is 0 Å². The molecule has 0 bridgehead atoms. The van der Waals surface area contributed by atoms with Crippen LogP contribution < -0.4 is 56.5 Å². The Morgan fingerprint density at radius 2 is 0.323 bits per heavy atom. The van der Waals surface area contributed by atoms with Gasteiger partial charge in [0.05, 0.1) is 0 Å². The molecule has 0 saturated heterocycles. The third-order valence-corrected chi connectivity index (χ3v) is 43.0. The molecule has 0 spiro atoms. The fraction of sp³-hybridized carbons (Fsp3) is 0. The van der Waals surface area contributed by atoms with E-state index in [0.29, 0.717) is 0 Å². The van der Waals surface area contributed by atoms with E-state index in [0.717, 1.165) is 32.1 Å². The molecule has 0 aromatic heterocycles. The molecule has 9 aromatic carbocycles. The fourth-order valence-electron chi connectivity index (χ4n) is 7.23. The molecular formula is C54H45I3O4P-3. The second-order valence-corrected chi connectivity index (χ2v) is 38.7. The molecule has 4 nitrogen and oxygen atoms in total. The molecule has 0 amide bonds. The molecule has 8 heteroatoms. The van der Waals surface area contributed by atoms with Gasteiger partial charge >= 0.3 is 383 Å². The zero-order valence-corrected chi connectivity index (χ0v) is 41.1. The molecule has 0 aliphatic heterocycles. The van der Waals surface area contributed by atoms with Crippen molar-refractivity contribution in [2.45, 2.75) is 0 Å². The molecule has 0 fully saturated rings. The monoisotopic (exact) mass is 1170 g/mol. The predicted octanol–water partition coefficient (Wildman–Crippen LogP) is 4.20. The average molecular weight is 1170 g/mol. The van der Waals surface area contributed by atoms with Gasteiger partial charge in [-0.15, -0.1) is 0 Å². The van der Waals surface area contributed by atoms with E-state index in [1.807, 2.05) is 164 Å². The minimum absolute atomic E-state index is 0.955. The van der Waals surface area contributed by atoms with Crippen molar-refractivity contribution < 1.29 is 69.7 Å². The number of benzene rings is 9. The van der Waals surface area contributed by atoms with Gasteiger partial charge in [-0.25, -0.2) is 0 Å². The number of halogens is 3. The summed E-state index contributed by atoms with van der Waals surface area (Å²) in [5.41, 5.74) is 0. The van der Waals surface area contributed by atoms with Crippen molar-refractivity contribution in [3.63, 3.8) is 0 Å². The van der Waals surface area contributed by atoms with Crippen LogP contribution in [0.2, 0.25) is 0 Å². The summed E-state index contributed by atoms with van der Waals surface area (Å²) in [7, 11) is -4.83. The summed E-state index contributed by atoms with van der Waals surface area (Å²) in [4.78, 5) is 0. The summed E-state index contributed by atoms with van der Waals surface area (Å²) in [5, 5.41) is 0. The first-order chi connectivity index (χ1) is 30.6. The molecule has 9 aromatic rings. The molecular weight excluding hydrogens is 1120 g/mol. The van der Waals surface area contributed by atoms with Crippen LogP contribution in [0.1, 0.15) is 0 Å². The van der Waals surface area contributed by atoms with Crippen LogP contribution in [0.5, 0.6) is 0 Å². The molecule has 0 N–H and O–H groups in total. The number of hydrogen-bond donors (Lipinski definition) is 0. The fourth-order valence-corrected chi connectivity index (χ4v) is 45.0. The number of rotatable bonds is 15. The van der Waals surface area contributed by atoms with E-state index in [4.69, 9.17) is 8.56 Å². The third-order valence-electron chi connectivity index (χ3n) is 9.93. The summed E-state index contributed by atoms with van der Waals surface area (Å²) in [6.07, 6.45) is 0. The van der Waals surface area contributed by atoms with E-state index in [-0.39, 0.29) is 0 Å². The van der Waals surface area contributed by atoms with Crippen molar-refractivity contribution in [2.24, 2.45) is 0 Å². The number of hydrogen-bond acceptors (Lipinski definition) is 4. The molecule has 0 aliphatic rings. The van der Waals surface area contributed by atoms with Crippen molar-refractivity contribution in [2.75, 3.05) is 0 Å².